The Balaban J connectivity index is 2.27. The highest BCUT2D eigenvalue weighted by Crippen LogP contribution is 2.51. The van der Waals surface area contributed by atoms with E-state index in [9.17, 15) is 4.79 Å². The number of carbonyl (C=O) groups excluding carboxylic acids is 1. The molecule has 3 aliphatic carbocycles. The number of fused-ring (bicyclic) bond motifs is 4. The Labute approximate surface area is 162 Å². The maximum atomic E-state index is 13.5. The molecule has 0 radical (unpaired) electrons. The van der Waals surface area contributed by atoms with Crippen molar-refractivity contribution in [1.29, 1.82) is 0 Å². The molecule has 3 rings (SSSR count). The predicted octanol–water partition coefficient (Wildman–Crippen LogP) is 7.01. The molecule has 0 amide bonds. The molecule has 0 saturated heterocycles. The Morgan fingerprint density at radius 3 is 2.23 bits per heavy atom. The lowest BCUT2D eigenvalue weighted by atomic mass is 9.65. The second-order valence-electron chi connectivity index (χ2n) is 10.3. The fourth-order valence-electron chi connectivity index (χ4n) is 5.94. The van der Waals surface area contributed by atoms with Crippen LogP contribution in [0.2, 0.25) is 0 Å². The Kier molecular flexibility index (Phi) is 7.24. The predicted molar refractivity (Wildman–Crippen MR) is 110 cm³/mol. The van der Waals surface area contributed by atoms with Gasteiger partial charge in [-0.2, -0.15) is 0 Å². The van der Waals surface area contributed by atoms with Gasteiger partial charge in [-0.3, -0.25) is 4.79 Å². The van der Waals surface area contributed by atoms with Gasteiger partial charge in [-0.05, 0) is 62.7 Å². The summed E-state index contributed by atoms with van der Waals surface area (Å²) < 4.78 is 6.57. The molecule has 2 heteroatoms. The third-order valence-corrected chi connectivity index (χ3v) is 8.03. The van der Waals surface area contributed by atoms with Crippen molar-refractivity contribution in [3.63, 3.8) is 0 Å². The number of ether oxygens (including phenoxy) is 1. The standard InChI is InChI=1S/C24H44O2/c1-8-24(9-2,21-15-19-11-10-12-20(21)14-13-19)26-22(25)23(7,18(5)6)16-17(3)4/h17-21H,8-16H2,1-7H3. The largest absolute Gasteiger partial charge is 0.458 e. The molecule has 0 heterocycles. The Bertz CT molecular complexity index is 459. The molecule has 0 aromatic rings. The number of rotatable bonds is 8. The number of carbonyl (C=O) groups is 1. The molecule has 3 saturated carbocycles. The van der Waals surface area contributed by atoms with Crippen molar-refractivity contribution in [2.24, 2.45) is 35.0 Å². The van der Waals surface area contributed by atoms with Crippen molar-refractivity contribution in [2.45, 2.75) is 112 Å². The van der Waals surface area contributed by atoms with Crippen LogP contribution in [0, 0.1) is 35.0 Å². The van der Waals surface area contributed by atoms with Crippen LogP contribution in [0.15, 0.2) is 0 Å². The van der Waals surface area contributed by atoms with Crippen molar-refractivity contribution in [2.75, 3.05) is 0 Å². The second-order valence-corrected chi connectivity index (χ2v) is 10.3. The van der Waals surface area contributed by atoms with E-state index in [1.807, 2.05) is 0 Å². The normalized spacial score (nSPS) is 28.9. The maximum Gasteiger partial charge on any atom is 0.312 e. The van der Waals surface area contributed by atoms with Crippen LogP contribution in [0.25, 0.3) is 0 Å². The summed E-state index contributed by atoms with van der Waals surface area (Å²) in [7, 11) is 0. The molecule has 152 valence electrons. The third-order valence-electron chi connectivity index (χ3n) is 8.03. The molecule has 3 aliphatic rings. The molecule has 2 nitrogen and oxygen atoms in total. The minimum atomic E-state index is -0.381. The van der Waals surface area contributed by atoms with Crippen LogP contribution in [0.5, 0.6) is 0 Å². The molecule has 4 atom stereocenters. The maximum absolute atomic E-state index is 13.5. The summed E-state index contributed by atoms with van der Waals surface area (Å²) >= 11 is 0. The highest BCUT2D eigenvalue weighted by atomic mass is 16.6. The van der Waals surface area contributed by atoms with Crippen LogP contribution in [-0.2, 0) is 9.53 Å². The molecule has 0 aliphatic heterocycles. The number of hydrogen-bond donors (Lipinski definition) is 0. The summed E-state index contributed by atoms with van der Waals surface area (Å²) in [6.07, 6.45) is 11.0. The second kappa shape index (κ2) is 8.65. The molecule has 26 heavy (non-hydrogen) atoms. The Hall–Kier alpha value is -0.530. The molecule has 0 spiro atoms. The Morgan fingerprint density at radius 2 is 1.69 bits per heavy atom. The van der Waals surface area contributed by atoms with Crippen molar-refractivity contribution < 1.29 is 9.53 Å². The van der Waals surface area contributed by atoms with Gasteiger partial charge in [0, 0.05) is 5.92 Å². The molecule has 2 bridgehead atoms. The van der Waals surface area contributed by atoms with E-state index in [1.165, 1.54) is 38.5 Å². The van der Waals surface area contributed by atoms with Crippen LogP contribution < -0.4 is 0 Å². The average molecular weight is 365 g/mol. The summed E-state index contributed by atoms with van der Waals surface area (Å²) in [5.74, 6) is 3.05. The lowest BCUT2D eigenvalue weighted by Crippen LogP contribution is -2.50. The smallest absolute Gasteiger partial charge is 0.312 e. The van der Waals surface area contributed by atoms with Gasteiger partial charge in [0.05, 0.1) is 5.41 Å². The van der Waals surface area contributed by atoms with Gasteiger partial charge in [0.15, 0.2) is 0 Å². The van der Waals surface area contributed by atoms with E-state index >= 15 is 0 Å². The van der Waals surface area contributed by atoms with Crippen molar-refractivity contribution in [3.05, 3.63) is 0 Å². The molecule has 0 aromatic heterocycles. The summed E-state index contributed by atoms with van der Waals surface area (Å²) in [4.78, 5) is 13.5. The van der Waals surface area contributed by atoms with Crippen LogP contribution in [-0.4, -0.2) is 11.6 Å². The van der Waals surface area contributed by atoms with E-state index < -0.39 is 0 Å². The molecule has 3 fully saturated rings. The van der Waals surface area contributed by atoms with Gasteiger partial charge in [-0.1, -0.05) is 67.2 Å². The molecule has 4 unspecified atom stereocenters. The van der Waals surface area contributed by atoms with Crippen molar-refractivity contribution in [3.8, 4) is 0 Å². The van der Waals surface area contributed by atoms with E-state index in [0.29, 0.717) is 17.8 Å². The van der Waals surface area contributed by atoms with Gasteiger partial charge >= 0.3 is 5.97 Å². The van der Waals surface area contributed by atoms with E-state index in [1.54, 1.807) is 0 Å². The first-order valence-electron chi connectivity index (χ1n) is 11.4. The monoisotopic (exact) mass is 364 g/mol. The molecule has 0 N–H and O–H groups in total. The zero-order chi connectivity index (χ0) is 19.5. The summed E-state index contributed by atoms with van der Waals surface area (Å²) in [6.45, 7) is 15.4. The number of esters is 1. The quantitative estimate of drug-likeness (QED) is 0.433. The summed E-state index contributed by atoms with van der Waals surface area (Å²) in [6, 6.07) is 0. The van der Waals surface area contributed by atoms with Gasteiger partial charge in [0.25, 0.3) is 0 Å². The molecular weight excluding hydrogens is 320 g/mol. The minimum absolute atomic E-state index is 0.0602. The first kappa shape index (κ1) is 21.8. The molecule has 0 aromatic carbocycles. The zero-order valence-corrected chi connectivity index (χ0v) is 18.6. The third kappa shape index (κ3) is 4.30. The topological polar surface area (TPSA) is 26.3 Å². The van der Waals surface area contributed by atoms with Crippen LogP contribution >= 0.6 is 0 Å². The van der Waals surface area contributed by atoms with E-state index in [2.05, 4.69) is 48.5 Å². The fraction of sp³-hybridized carbons (Fsp3) is 0.958. The van der Waals surface area contributed by atoms with Gasteiger partial charge in [-0.25, -0.2) is 0 Å². The van der Waals surface area contributed by atoms with Crippen molar-refractivity contribution in [1.82, 2.24) is 0 Å². The van der Waals surface area contributed by atoms with Crippen LogP contribution in [0.4, 0.5) is 0 Å². The number of hydrogen-bond acceptors (Lipinski definition) is 2. The van der Waals surface area contributed by atoms with Crippen molar-refractivity contribution >= 4 is 5.97 Å². The molecular formula is C24H44O2. The highest BCUT2D eigenvalue weighted by molar-refractivity contribution is 5.77. The van der Waals surface area contributed by atoms with Gasteiger partial charge in [0.1, 0.15) is 5.60 Å². The lowest BCUT2D eigenvalue weighted by molar-refractivity contribution is -0.189. The van der Waals surface area contributed by atoms with E-state index in [4.69, 9.17) is 4.74 Å². The van der Waals surface area contributed by atoms with Crippen LogP contribution in [0.1, 0.15) is 106 Å². The first-order chi connectivity index (χ1) is 12.2. The van der Waals surface area contributed by atoms with Gasteiger partial charge < -0.3 is 4.74 Å². The van der Waals surface area contributed by atoms with Gasteiger partial charge in [0.2, 0.25) is 0 Å². The lowest BCUT2D eigenvalue weighted by Gasteiger charge is -2.47. The SMILES string of the molecule is CCC(CC)(OC(=O)C(C)(CC(C)C)C(C)C)C1CC2CCCC1CC2. The first-order valence-corrected chi connectivity index (χ1v) is 11.4. The summed E-state index contributed by atoms with van der Waals surface area (Å²) in [5, 5.41) is 0. The minimum Gasteiger partial charge on any atom is -0.458 e. The van der Waals surface area contributed by atoms with E-state index in [0.717, 1.165) is 31.1 Å². The van der Waals surface area contributed by atoms with Crippen LogP contribution in [0.3, 0.4) is 0 Å². The fourth-order valence-corrected chi connectivity index (χ4v) is 5.94. The average Bonchev–Trinajstić information content (AvgIpc) is 2.94. The highest BCUT2D eigenvalue weighted by Gasteiger charge is 2.50. The Morgan fingerprint density at radius 1 is 1.04 bits per heavy atom. The summed E-state index contributed by atoms with van der Waals surface area (Å²) in [5.41, 5.74) is -0.634. The zero-order valence-electron chi connectivity index (χ0n) is 18.6. The van der Waals surface area contributed by atoms with E-state index in [-0.39, 0.29) is 17.0 Å². The van der Waals surface area contributed by atoms with Gasteiger partial charge in [-0.15, -0.1) is 0 Å².